The maximum absolute atomic E-state index is 11.9. The number of hydrogen-bond acceptors (Lipinski definition) is 4. The molecule has 1 amide bonds. The number of hydrogen-bond donors (Lipinski definition) is 1. The first-order valence-electron chi connectivity index (χ1n) is 6.80. The van der Waals surface area contributed by atoms with Crippen LogP contribution in [0, 0.1) is 6.92 Å². The number of aryl methyl sites for hydroxylation is 1. The van der Waals surface area contributed by atoms with Crippen molar-refractivity contribution in [1.29, 1.82) is 0 Å². The Morgan fingerprint density at radius 3 is 2.76 bits per heavy atom. The van der Waals surface area contributed by atoms with Crippen LogP contribution in [0.25, 0.3) is 0 Å². The lowest BCUT2D eigenvalue weighted by atomic mass is 10.2. The summed E-state index contributed by atoms with van der Waals surface area (Å²) < 4.78 is 5.24. The number of nitrogens with one attached hydrogen (secondary N) is 1. The molecule has 0 fully saturated rings. The number of halogens is 1. The zero-order chi connectivity index (χ0) is 15.8. The molecule has 1 rings (SSSR count). The van der Waals surface area contributed by atoms with Crippen molar-refractivity contribution < 1.29 is 9.53 Å². The van der Waals surface area contributed by atoms with E-state index in [1.165, 1.54) is 0 Å². The molecule has 0 aromatic heterocycles. The lowest BCUT2D eigenvalue weighted by Crippen LogP contribution is -2.16. The highest BCUT2D eigenvalue weighted by atomic mass is 35.5. The Kier molecular flexibility index (Phi) is 7.93. The Bertz CT molecular complexity index is 481. The third-order valence-corrected chi connectivity index (χ3v) is 4.33. The van der Waals surface area contributed by atoms with E-state index in [0.717, 1.165) is 24.3 Å². The van der Waals surface area contributed by atoms with Crippen LogP contribution in [0.4, 0.5) is 5.69 Å². The summed E-state index contributed by atoms with van der Waals surface area (Å²) in [5.41, 5.74) is 1.57. The maximum atomic E-state index is 11.9. The average molecular weight is 331 g/mol. The largest absolute Gasteiger partial charge is 0.495 e. The molecule has 0 aliphatic carbocycles. The first kappa shape index (κ1) is 18.1. The zero-order valence-corrected chi connectivity index (χ0v) is 14.6. The van der Waals surface area contributed by atoms with Gasteiger partial charge in [0.05, 0.1) is 18.6 Å². The number of anilines is 1. The van der Waals surface area contributed by atoms with E-state index in [2.05, 4.69) is 10.2 Å². The summed E-state index contributed by atoms with van der Waals surface area (Å²) >= 11 is 7.68. The van der Waals surface area contributed by atoms with Crippen LogP contribution in [0.1, 0.15) is 12.0 Å². The number of amides is 1. The van der Waals surface area contributed by atoms with Crippen LogP contribution in [0.15, 0.2) is 12.1 Å². The zero-order valence-electron chi connectivity index (χ0n) is 13.0. The summed E-state index contributed by atoms with van der Waals surface area (Å²) in [5, 5.41) is 3.50. The number of benzene rings is 1. The van der Waals surface area contributed by atoms with E-state index in [4.69, 9.17) is 16.3 Å². The molecule has 1 aromatic rings. The fourth-order valence-corrected chi connectivity index (χ4v) is 2.65. The van der Waals surface area contributed by atoms with E-state index in [9.17, 15) is 4.79 Å². The summed E-state index contributed by atoms with van der Waals surface area (Å²) in [6, 6.07) is 3.55. The molecule has 1 N–H and O–H groups in total. The SMILES string of the molecule is COc1cc(Cl)c(C)cc1NC(=O)CSCCCN(C)C. The quantitative estimate of drug-likeness (QED) is 0.743. The molecule has 0 saturated carbocycles. The third-order valence-electron chi connectivity index (χ3n) is 2.88. The van der Waals surface area contributed by atoms with Crippen molar-refractivity contribution in [3.8, 4) is 5.75 Å². The Morgan fingerprint density at radius 2 is 2.14 bits per heavy atom. The van der Waals surface area contributed by atoms with Gasteiger partial charge in [0, 0.05) is 11.1 Å². The molecular weight excluding hydrogens is 308 g/mol. The molecule has 4 nitrogen and oxygen atoms in total. The summed E-state index contributed by atoms with van der Waals surface area (Å²) in [6.45, 7) is 2.94. The number of nitrogens with zero attached hydrogens (tertiary/aromatic N) is 1. The summed E-state index contributed by atoms with van der Waals surface area (Å²) in [4.78, 5) is 14.1. The minimum absolute atomic E-state index is 0.0233. The second-order valence-electron chi connectivity index (χ2n) is 5.06. The van der Waals surface area contributed by atoms with Crippen molar-refractivity contribution in [1.82, 2.24) is 4.90 Å². The molecular formula is C15H23ClN2O2S. The Hall–Kier alpha value is -0.910. The van der Waals surface area contributed by atoms with Gasteiger partial charge in [-0.1, -0.05) is 11.6 Å². The first-order valence-corrected chi connectivity index (χ1v) is 8.33. The highest BCUT2D eigenvalue weighted by molar-refractivity contribution is 7.99. The molecule has 0 heterocycles. The van der Waals surface area contributed by atoms with Gasteiger partial charge in [-0.25, -0.2) is 0 Å². The topological polar surface area (TPSA) is 41.6 Å². The average Bonchev–Trinajstić information content (AvgIpc) is 2.41. The van der Waals surface area contributed by atoms with Crippen molar-refractivity contribution in [2.75, 3.05) is 44.6 Å². The molecule has 0 bridgehead atoms. The number of carbonyl (C=O) groups excluding carboxylic acids is 1. The van der Waals surface area contributed by atoms with Gasteiger partial charge in [-0.15, -0.1) is 0 Å². The fourth-order valence-electron chi connectivity index (χ4n) is 1.76. The molecule has 118 valence electrons. The smallest absolute Gasteiger partial charge is 0.234 e. The third kappa shape index (κ3) is 6.59. The lowest BCUT2D eigenvalue weighted by Gasteiger charge is -2.12. The number of methoxy groups -OCH3 is 1. The van der Waals surface area contributed by atoms with Crippen LogP contribution in [0.2, 0.25) is 5.02 Å². The molecule has 0 aliphatic rings. The highest BCUT2D eigenvalue weighted by Gasteiger charge is 2.10. The van der Waals surface area contributed by atoms with E-state index in [0.29, 0.717) is 22.2 Å². The first-order chi connectivity index (χ1) is 9.93. The second kappa shape index (κ2) is 9.18. The normalized spacial score (nSPS) is 10.8. The van der Waals surface area contributed by atoms with Crippen LogP contribution in [0.5, 0.6) is 5.75 Å². The molecule has 0 radical (unpaired) electrons. The molecule has 1 aromatic carbocycles. The number of carbonyl (C=O) groups is 1. The molecule has 6 heteroatoms. The summed E-state index contributed by atoms with van der Waals surface area (Å²) in [7, 11) is 5.66. The van der Waals surface area contributed by atoms with Gasteiger partial charge in [0.1, 0.15) is 5.75 Å². The van der Waals surface area contributed by atoms with Crippen LogP contribution in [-0.4, -0.2) is 50.1 Å². The molecule has 0 atom stereocenters. The maximum Gasteiger partial charge on any atom is 0.234 e. The van der Waals surface area contributed by atoms with Gasteiger partial charge in [0.25, 0.3) is 0 Å². The summed E-state index contributed by atoms with van der Waals surface area (Å²) in [6.07, 6.45) is 1.08. The Labute approximate surface area is 136 Å². The van der Waals surface area contributed by atoms with Gasteiger partial charge in [0.15, 0.2) is 0 Å². The Balaban J connectivity index is 2.46. The van der Waals surface area contributed by atoms with Gasteiger partial charge in [0.2, 0.25) is 5.91 Å². The number of thioether (sulfide) groups is 1. The van der Waals surface area contributed by atoms with Crippen molar-refractivity contribution in [2.45, 2.75) is 13.3 Å². The van der Waals surface area contributed by atoms with E-state index in [1.54, 1.807) is 24.9 Å². The molecule has 0 spiro atoms. The number of rotatable bonds is 8. The fraction of sp³-hybridized carbons (Fsp3) is 0.533. The predicted molar refractivity (Wildman–Crippen MR) is 91.9 cm³/mol. The lowest BCUT2D eigenvalue weighted by molar-refractivity contribution is -0.113. The van der Waals surface area contributed by atoms with Crippen molar-refractivity contribution in [3.63, 3.8) is 0 Å². The van der Waals surface area contributed by atoms with Crippen LogP contribution < -0.4 is 10.1 Å². The van der Waals surface area contributed by atoms with Gasteiger partial charge in [-0.2, -0.15) is 11.8 Å². The van der Waals surface area contributed by atoms with Crippen molar-refractivity contribution in [3.05, 3.63) is 22.7 Å². The van der Waals surface area contributed by atoms with Gasteiger partial charge in [-0.05, 0) is 51.4 Å². The standard InChI is InChI=1S/C15H23ClN2O2S/c1-11-8-13(14(20-4)9-12(11)16)17-15(19)10-21-7-5-6-18(2)3/h8-9H,5-7,10H2,1-4H3,(H,17,19). The predicted octanol–water partition coefficient (Wildman–Crippen LogP) is 3.28. The summed E-state index contributed by atoms with van der Waals surface area (Å²) in [5.74, 6) is 1.97. The van der Waals surface area contributed by atoms with Gasteiger partial charge in [-0.3, -0.25) is 4.79 Å². The van der Waals surface area contributed by atoms with E-state index in [-0.39, 0.29) is 5.91 Å². The highest BCUT2D eigenvalue weighted by Crippen LogP contribution is 2.30. The van der Waals surface area contributed by atoms with Gasteiger partial charge < -0.3 is 15.0 Å². The minimum atomic E-state index is -0.0233. The molecule has 0 unspecified atom stereocenters. The van der Waals surface area contributed by atoms with Crippen LogP contribution in [0.3, 0.4) is 0 Å². The van der Waals surface area contributed by atoms with Crippen LogP contribution in [-0.2, 0) is 4.79 Å². The van der Waals surface area contributed by atoms with Crippen molar-refractivity contribution in [2.24, 2.45) is 0 Å². The van der Waals surface area contributed by atoms with Crippen LogP contribution >= 0.6 is 23.4 Å². The number of ether oxygens (including phenoxy) is 1. The van der Waals surface area contributed by atoms with Crippen molar-refractivity contribution >= 4 is 35.0 Å². The molecule has 0 aliphatic heterocycles. The molecule has 21 heavy (non-hydrogen) atoms. The van der Waals surface area contributed by atoms with E-state index >= 15 is 0 Å². The van der Waals surface area contributed by atoms with E-state index < -0.39 is 0 Å². The second-order valence-corrected chi connectivity index (χ2v) is 6.57. The monoisotopic (exact) mass is 330 g/mol. The molecule has 0 saturated heterocycles. The van der Waals surface area contributed by atoms with E-state index in [1.807, 2.05) is 27.1 Å². The van der Waals surface area contributed by atoms with Gasteiger partial charge >= 0.3 is 0 Å². The minimum Gasteiger partial charge on any atom is -0.495 e. The Morgan fingerprint density at radius 1 is 1.43 bits per heavy atom.